The van der Waals surface area contributed by atoms with Crippen molar-refractivity contribution >= 4 is 0 Å². The third-order valence-corrected chi connectivity index (χ3v) is 2.77. The Morgan fingerprint density at radius 3 is 2.67 bits per heavy atom. The van der Waals surface area contributed by atoms with Gasteiger partial charge in [0.2, 0.25) is 0 Å². The highest BCUT2D eigenvalue weighted by molar-refractivity contribution is 5.14. The van der Waals surface area contributed by atoms with E-state index in [4.69, 9.17) is 5.73 Å². The van der Waals surface area contributed by atoms with Gasteiger partial charge in [0.05, 0.1) is 5.69 Å². The van der Waals surface area contributed by atoms with Crippen molar-refractivity contribution < 1.29 is 0 Å². The third kappa shape index (κ3) is 3.53. The van der Waals surface area contributed by atoms with Crippen molar-refractivity contribution in [2.24, 2.45) is 5.73 Å². The Kier molecular flexibility index (Phi) is 4.25. The second kappa shape index (κ2) is 6.12. The molecule has 0 spiro atoms. The molecular weight excluding hydrogens is 226 g/mol. The van der Waals surface area contributed by atoms with E-state index in [1.807, 2.05) is 18.2 Å². The summed E-state index contributed by atoms with van der Waals surface area (Å²) in [5.74, 6) is 0.721. The van der Waals surface area contributed by atoms with Gasteiger partial charge in [0.15, 0.2) is 0 Å². The zero-order valence-corrected chi connectivity index (χ0v) is 10.2. The minimum absolute atomic E-state index is 0.125. The molecule has 2 aromatic rings. The van der Waals surface area contributed by atoms with Crippen LogP contribution in [0.3, 0.4) is 0 Å². The molecule has 4 nitrogen and oxygen atoms in total. The smallest absolute Gasteiger partial charge is 0.251 e. The van der Waals surface area contributed by atoms with Crippen LogP contribution in [-0.4, -0.2) is 9.97 Å². The molecule has 3 N–H and O–H groups in total. The number of aromatic amines is 1. The lowest BCUT2D eigenvalue weighted by molar-refractivity contribution is 0.752. The highest BCUT2D eigenvalue weighted by Gasteiger charge is 2.00. The molecular formula is C14H17N3O. The Hall–Kier alpha value is -1.94. The number of benzene rings is 1. The van der Waals surface area contributed by atoms with Gasteiger partial charge >= 0.3 is 0 Å². The molecule has 0 atom stereocenters. The van der Waals surface area contributed by atoms with Crippen LogP contribution < -0.4 is 11.3 Å². The van der Waals surface area contributed by atoms with Crippen LogP contribution in [0.2, 0.25) is 0 Å². The maximum atomic E-state index is 11.4. The molecule has 0 saturated heterocycles. The Morgan fingerprint density at radius 1 is 1.17 bits per heavy atom. The van der Waals surface area contributed by atoms with Gasteiger partial charge < -0.3 is 10.7 Å². The van der Waals surface area contributed by atoms with E-state index < -0.39 is 0 Å². The molecule has 0 amide bonds. The largest absolute Gasteiger partial charge is 0.325 e. The van der Waals surface area contributed by atoms with E-state index in [9.17, 15) is 4.79 Å². The number of nitrogens with one attached hydrogen (secondary N) is 1. The molecule has 0 fully saturated rings. The lowest BCUT2D eigenvalue weighted by Crippen LogP contribution is -2.15. The van der Waals surface area contributed by atoms with Crippen molar-refractivity contribution in [3.05, 3.63) is 63.8 Å². The predicted octanol–water partition coefficient (Wildman–Crippen LogP) is 1.40. The molecule has 1 heterocycles. The number of H-pyrrole nitrogens is 1. The molecule has 4 heteroatoms. The molecule has 94 valence electrons. The topological polar surface area (TPSA) is 71.8 Å². The first-order valence-electron chi connectivity index (χ1n) is 6.11. The van der Waals surface area contributed by atoms with Crippen LogP contribution in [0.25, 0.3) is 0 Å². The van der Waals surface area contributed by atoms with Crippen LogP contribution in [0.1, 0.15) is 23.5 Å². The van der Waals surface area contributed by atoms with Gasteiger partial charge in [-0.2, -0.15) is 0 Å². The first kappa shape index (κ1) is 12.5. The van der Waals surface area contributed by atoms with E-state index in [-0.39, 0.29) is 5.56 Å². The molecule has 0 bridgehead atoms. The zero-order chi connectivity index (χ0) is 12.8. The average Bonchev–Trinajstić information content (AvgIpc) is 2.39. The van der Waals surface area contributed by atoms with Gasteiger partial charge in [-0.05, 0) is 18.4 Å². The summed E-state index contributed by atoms with van der Waals surface area (Å²) in [5.41, 5.74) is 7.31. The summed E-state index contributed by atoms with van der Waals surface area (Å²) < 4.78 is 0. The fourth-order valence-electron chi connectivity index (χ4n) is 1.89. The van der Waals surface area contributed by atoms with E-state index in [2.05, 4.69) is 22.1 Å². The van der Waals surface area contributed by atoms with Crippen LogP contribution in [-0.2, 0) is 19.4 Å². The summed E-state index contributed by atoms with van der Waals surface area (Å²) in [6.07, 6.45) is 2.70. The fourth-order valence-corrected chi connectivity index (χ4v) is 1.89. The van der Waals surface area contributed by atoms with Crippen LogP contribution in [0.15, 0.2) is 41.2 Å². The van der Waals surface area contributed by atoms with Crippen molar-refractivity contribution in [1.29, 1.82) is 0 Å². The van der Waals surface area contributed by atoms with Gasteiger partial charge in [0.1, 0.15) is 5.82 Å². The SMILES string of the molecule is NCc1cc(=O)[nH]c(CCCc2ccccc2)n1. The van der Waals surface area contributed by atoms with Crippen molar-refractivity contribution in [1.82, 2.24) is 9.97 Å². The molecule has 0 aliphatic carbocycles. The Labute approximate surface area is 106 Å². The van der Waals surface area contributed by atoms with Gasteiger partial charge in [-0.25, -0.2) is 4.98 Å². The van der Waals surface area contributed by atoms with Crippen molar-refractivity contribution in [3.8, 4) is 0 Å². The lowest BCUT2D eigenvalue weighted by atomic mass is 10.1. The first-order chi connectivity index (χ1) is 8.78. The quantitative estimate of drug-likeness (QED) is 0.834. The highest BCUT2D eigenvalue weighted by Crippen LogP contribution is 2.05. The number of hydrogen-bond acceptors (Lipinski definition) is 3. The second-order valence-corrected chi connectivity index (χ2v) is 4.23. The lowest BCUT2D eigenvalue weighted by Gasteiger charge is -2.03. The van der Waals surface area contributed by atoms with Crippen molar-refractivity contribution in [2.75, 3.05) is 0 Å². The van der Waals surface area contributed by atoms with Gasteiger partial charge in [-0.1, -0.05) is 30.3 Å². The number of nitrogens with two attached hydrogens (primary N) is 1. The minimum Gasteiger partial charge on any atom is -0.325 e. The minimum atomic E-state index is -0.125. The summed E-state index contributed by atoms with van der Waals surface area (Å²) in [5, 5.41) is 0. The Bertz CT molecular complexity index is 548. The fraction of sp³-hybridized carbons (Fsp3) is 0.286. The van der Waals surface area contributed by atoms with Gasteiger partial charge in [0, 0.05) is 19.0 Å². The monoisotopic (exact) mass is 243 g/mol. The number of nitrogens with zero attached hydrogens (tertiary/aromatic N) is 1. The Morgan fingerprint density at radius 2 is 1.94 bits per heavy atom. The molecule has 0 aliphatic heterocycles. The Balaban J connectivity index is 1.94. The standard InChI is InChI=1S/C14H17N3O/c15-10-12-9-14(18)17-13(16-12)8-4-7-11-5-2-1-3-6-11/h1-3,5-6,9H,4,7-8,10,15H2,(H,16,17,18). The number of aryl methyl sites for hydroxylation is 2. The van der Waals surface area contributed by atoms with Crippen LogP contribution in [0.4, 0.5) is 0 Å². The molecule has 0 aliphatic rings. The summed E-state index contributed by atoms with van der Waals surface area (Å²) in [6, 6.07) is 11.7. The third-order valence-electron chi connectivity index (χ3n) is 2.77. The average molecular weight is 243 g/mol. The van der Waals surface area contributed by atoms with Crippen molar-refractivity contribution in [3.63, 3.8) is 0 Å². The maximum Gasteiger partial charge on any atom is 0.251 e. The molecule has 1 aromatic carbocycles. The summed E-state index contributed by atoms with van der Waals surface area (Å²) in [7, 11) is 0. The molecule has 0 radical (unpaired) electrons. The predicted molar refractivity (Wildman–Crippen MR) is 71.2 cm³/mol. The van der Waals surface area contributed by atoms with E-state index in [1.54, 1.807) is 0 Å². The molecule has 2 rings (SSSR count). The summed E-state index contributed by atoms with van der Waals surface area (Å²) in [4.78, 5) is 18.4. The van der Waals surface area contributed by atoms with E-state index in [0.29, 0.717) is 12.2 Å². The first-order valence-corrected chi connectivity index (χ1v) is 6.11. The molecule has 18 heavy (non-hydrogen) atoms. The van der Waals surface area contributed by atoms with E-state index >= 15 is 0 Å². The van der Waals surface area contributed by atoms with E-state index in [1.165, 1.54) is 11.6 Å². The highest BCUT2D eigenvalue weighted by atomic mass is 16.1. The summed E-state index contributed by atoms with van der Waals surface area (Å²) >= 11 is 0. The van der Waals surface area contributed by atoms with Crippen LogP contribution in [0, 0.1) is 0 Å². The van der Waals surface area contributed by atoms with Gasteiger partial charge in [-0.3, -0.25) is 4.79 Å². The maximum absolute atomic E-state index is 11.4. The number of rotatable bonds is 5. The van der Waals surface area contributed by atoms with Gasteiger partial charge in [-0.15, -0.1) is 0 Å². The van der Waals surface area contributed by atoms with Crippen LogP contribution >= 0.6 is 0 Å². The van der Waals surface area contributed by atoms with Crippen molar-refractivity contribution in [2.45, 2.75) is 25.8 Å². The molecule has 0 unspecified atom stereocenters. The molecule has 1 aromatic heterocycles. The normalized spacial score (nSPS) is 10.5. The van der Waals surface area contributed by atoms with Gasteiger partial charge in [0.25, 0.3) is 5.56 Å². The second-order valence-electron chi connectivity index (χ2n) is 4.23. The number of hydrogen-bond donors (Lipinski definition) is 2. The summed E-state index contributed by atoms with van der Waals surface area (Å²) in [6.45, 7) is 0.301. The molecule has 0 saturated carbocycles. The zero-order valence-electron chi connectivity index (χ0n) is 10.2. The van der Waals surface area contributed by atoms with E-state index in [0.717, 1.165) is 25.1 Å². The van der Waals surface area contributed by atoms with Crippen LogP contribution in [0.5, 0.6) is 0 Å². The number of aromatic nitrogens is 2.